The molecule has 1 atom stereocenters. The van der Waals surface area contributed by atoms with Crippen LogP contribution in [0, 0.1) is 18.6 Å². The van der Waals surface area contributed by atoms with Crippen molar-refractivity contribution in [2.75, 3.05) is 37.7 Å². The van der Waals surface area contributed by atoms with E-state index in [0.29, 0.717) is 37.4 Å². The number of nitrogens with two attached hydrogens (primary N) is 1. The van der Waals surface area contributed by atoms with E-state index in [1.54, 1.807) is 6.92 Å². The summed E-state index contributed by atoms with van der Waals surface area (Å²) in [7, 11) is 1.81. The number of halogens is 5. The number of alkyl halides is 3. The van der Waals surface area contributed by atoms with E-state index in [1.807, 2.05) is 20.9 Å². The maximum atomic E-state index is 16.0. The highest BCUT2D eigenvalue weighted by molar-refractivity contribution is 5.90. The van der Waals surface area contributed by atoms with Crippen LogP contribution in [0.1, 0.15) is 54.2 Å². The fourth-order valence-electron chi connectivity index (χ4n) is 3.98. The fraction of sp³-hybridized carbons (Fsp3) is 0.429. The standard InChI is InChI=1S/C26H30F5N7O2.C2H6/c1-14(4-5-34-7-6-33-3)40-25-18(12-39)23(37-11-16-9-35-13-36-10-16)22(28)24(38-25)17-8-19(32)21(27)15(2)20(17)26(29,30)31;1-2/h8-10,12-14,33-34H,4-7,11,32H2,1-3H3,(H,37,38);1-2H3. The van der Waals surface area contributed by atoms with Gasteiger partial charge >= 0.3 is 6.18 Å². The Balaban J connectivity index is 0.00000301. The van der Waals surface area contributed by atoms with Gasteiger partial charge < -0.3 is 26.4 Å². The predicted molar refractivity (Wildman–Crippen MR) is 151 cm³/mol. The number of ether oxygens (including phenoxy) is 1. The van der Waals surface area contributed by atoms with Crippen molar-refractivity contribution in [3.05, 3.63) is 58.7 Å². The van der Waals surface area contributed by atoms with E-state index in [4.69, 9.17) is 10.5 Å². The van der Waals surface area contributed by atoms with Crippen molar-refractivity contribution in [3.8, 4) is 17.1 Å². The third-order valence-corrected chi connectivity index (χ3v) is 6.00. The second-order valence-electron chi connectivity index (χ2n) is 8.98. The zero-order valence-corrected chi connectivity index (χ0v) is 24.1. The molecule has 42 heavy (non-hydrogen) atoms. The van der Waals surface area contributed by atoms with Crippen LogP contribution in [-0.2, 0) is 12.7 Å². The Morgan fingerprint density at radius 3 is 2.36 bits per heavy atom. The van der Waals surface area contributed by atoms with Crippen molar-refractivity contribution >= 4 is 17.7 Å². The number of hydrogen-bond acceptors (Lipinski definition) is 9. The summed E-state index contributed by atoms with van der Waals surface area (Å²) in [6.45, 7) is 8.43. The number of carbonyl (C=O) groups excluding carboxylic acids is 1. The second kappa shape index (κ2) is 15.9. The molecule has 9 nitrogen and oxygen atoms in total. The fourth-order valence-corrected chi connectivity index (χ4v) is 3.98. The lowest BCUT2D eigenvalue weighted by Crippen LogP contribution is -2.28. The lowest BCUT2D eigenvalue weighted by molar-refractivity contribution is -0.137. The first-order valence-electron chi connectivity index (χ1n) is 13.3. The highest BCUT2D eigenvalue weighted by Crippen LogP contribution is 2.44. The van der Waals surface area contributed by atoms with Gasteiger partial charge in [0.15, 0.2) is 12.1 Å². The molecule has 3 rings (SSSR count). The average molecular weight is 598 g/mol. The Morgan fingerprint density at radius 2 is 1.76 bits per heavy atom. The van der Waals surface area contributed by atoms with E-state index in [2.05, 4.69) is 30.9 Å². The molecule has 14 heteroatoms. The van der Waals surface area contributed by atoms with Crippen LogP contribution in [-0.4, -0.2) is 54.0 Å². The van der Waals surface area contributed by atoms with Crippen LogP contribution in [0.3, 0.4) is 0 Å². The molecule has 1 aromatic carbocycles. The number of aldehydes is 1. The van der Waals surface area contributed by atoms with E-state index < -0.39 is 63.6 Å². The molecule has 0 radical (unpaired) electrons. The Hall–Kier alpha value is -3.91. The molecule has 0 amide bonds. The summed E-state index contributed by atoms with van der Waals surface area (Å²) in [6.07, 6.45) is -0.744. The molecule has 2 heterocycles. The van der Waals surface area contributed by atoms with Crippen molar-refractivity contribution < 1.29 is 31.5 Å². The van der Waals surface area contributed by atoms with E-state index in [-0.39, 0.29) is 12.1 Å². The van der Waals surface area contributed by atoms with Crippen molar-refractivity contribution in [2.45, 2.75) is 52.9 Å². The van der Waals surface area contributed by atoms with Crippen LogP contribution in [0.15, 0.2) is 24.8 Å². The first-order chi connectivity index (χ1) is 20.0. The maximum Gasteiger partial charge on any atom is 0.417 e. The summed E-state index contributed by atoms with van der Waals surface area (Å²) in [5.74, 6) is -2.95. The van der Waals surface area contributed by atoms with Gasteiger partial charge in [0.05, 0.1) is 23.0 Å². The number of carbonyl (C=O) groups is 1. The Labute approximate surface area is 241 Å². The molecule has 0 spiro atoms. The van der Waals surface area contributed by atoms with Crippen molar-refractivity contribution in [3.63, 3.8) is 0 Å². The molecule has 0 saturated heterocycles. The summed E-state index contributed by atoms with van der Waals surface area (Å²) < 4.78 is 78.6. The van der Waals surface area contributed by atoms with Gasteiger partial charge in [-0.3, -0.25) is 4.79 Å². The Bertz CT molecular complexity index is 1320. The van der Waals surface area contributed by atoms with Crippen LogP contribution in [0.5, 0.6) is 5.88 Å². The molecule has 230 valence electrons. The zero-order chi connectivity index (χ0) is 31.4. The molecule has 0 fully saturated rings. The predicted octanol–water partition coefficient (Wildman–Crippen LogP) is 5.14. The summed E-state index contributed by atoms with van der Waals surface area (Å²) >= 11 is 0. The van der Waals surface area contributed by atoms with Crippen molar-refractivity contribution in [1.82, 2.24) is 25.6 Å². The number of pyridine rings is 1. The van der Waals surface area contributed by atoms with Crippen LogP contribution >= 0.6 is 0 Å². The number of hydrogen-bond donors (Lipinski definition) is 4. The minimum atomic E-state index is -5.08. The van der Waals surface area contributed by atoms with Gasteiger partial charge in [-0.1, -0.05) is 13.8 Å². The molecule has 3 aromatic rings. The first kappa shape index (κ1) is 34.3. The van der Waals surface area contributed by atoms with Gasteiger partial charge in [-0.2, -0.15) is 13.2 Å². The van der Waals surface area contributed by atoms with E-state index in [9.17, 15) is 22.4 Å². The summed E-state index contributed by atoms with van der Waals surface area (Å²) in [4.78, 5) is 23.9. The number of benzene rings is 1. The lowest BCUT2D eigenvalue weighted by atomic mass is 9.95. The minimum absolute atomic E-state index is 0.0802. The molecule has 0 aliphatic carbocycles. The zero-order valence-electron chi connectivity index (χ0n) is 24.1. The highest BCUT2D eigenvalue weighted by Gasteiger charge is 2.39. The molecular weight excluding hydrogens is 561 g/mol. The van der Waals surface area contributed by atoms with Crippen molar-refractivity contribution in [1.29, 1.82) is 0 Å². The van der Waals surface area contributed by atoms with E-state index >= 15 is 4.39 Å². The minimum Gasteiger partial charge on any atom is -0.474 e. The Morgan fingerprint density at radius 1 is 1.10 bits per heavy atom. The summed E-state index contributed by atoms with van der Waals surface area (Å²) in [5, 5.41) is 8.89. The number of aromatic nitrogens is 3. The third-order valence-electron chi connectivity index (χ3n) is 6.00. The molecule has 0 aliphatic heterocycles. The number of likely N-dealkylation sites (N-methyl/N-ethyl adjacent to an activating group) is 1. The van der Waals surface area contributed by atoms with Gasteiger partial charge in [0.2, 0.25) is 5.88 Å². The van der Waals surface area contributed by atoms with Crippen LogP contribution < -0.4 is 26.4 Å². The Kier molecular flexibility index (Phi) is 13.0. The molecule has 0 bridgehead atoms. The molecule has 1 unspecified atom stereocenters. The molecule has 0 saturated carbocycles. The average Bonchev–Trinajstić information content (AvgIpc) is 2.96. The van der Waals surface area contributed by atoms with E-state index in [0.717, 1.165) is 13.5 Å². The monoisotopic (exact) mass is 597 g/mol. The van der Waals surface area contributed by atoms with Gasteiger partial charge in [-0.15, -0.1) is 0 Å². The number of anilines is 2. The number of nitrogens with zero attached hydrogens (tertiary/aromatic N) is 3. The van der Waals surface area contributed by atoms with Gasteiger partial charge in [0, 0.05) is 43.2 Å². The molecule has 0 aliphatic rings. The van der Waals surface area contributed by atoms with Crippen LogP contribution in [0.2, 0.25) is 0 Å². The van der Waals surface area contributed by atoms with Gasteiger partial charge in [-0.05, 0) is 45.5 Å². The topological polar surface area (TPSA) is 127 Å². The molecule has 5 N–H and O–H groups in total. The van der Waals surface area contributed by atoms with Crippen LogP contribution in [0.25, 0.3) is 11.3 Å². The largest absolute Gasteiger partial charge is 0.474 e. The van der Waals surface area contributed by atoms with Gasteiger partial charge in [-0.25, -0.2) is 23.7 Å². The highest BCUT2D eigenvalue weighted by atomic mass is 19.4. The summed E-state index contributed by atoms with van der Waals surface area (Å²) in [5.41, 5.74) is 0.852. The van der Waals surface area contributed by atoms with E-state index in [1.165, 1.54) is 18.7 Å². The number of nitrogens with one attached hydrogen (secondary N) is 3. The molecular formula is C28H36F5N7O2. The van der Waals surface area contributed by atoms with Gasteiger partial charge in [0.25, 0.3) is 0 Å². The third kappa shape index (κ3) is 8.55. The van der Waals surface area contributed by atoms with Crippen LogP contribution in [0.4, 0.5) is 33.3 Å². The maximum absolute atomic E-state index is 16.0. The smallest absolute Gasteiger partial charge is 0.417 e. The normalized spacial score (nSPS) is 11.9. The number of nitrogen functional groups attached to an aromatic ring is 1. The second-order valence-corrected chi connectivity index (χ2v) is 8.98. The first-order valence-corrected chi connectivity index (χ1v) is 13.3. The number of rotatable bonds is 13. The lowest BCUT2D eigenvalue weighted by Gasteiger charge is -2.22. The molecule has 2 aromatic heterocycles. The van der Waals surface area contributed by atoms with Gasteiger partial charge in [0.1, 0.15) is 23.4 Å². The summed E-state index contributed by atoms with van der Waals surface area (Å²) in [6, 6.07) is 0.671. The van der Waals surface area contributed by atoms with Crippen molar-refractivity contribution in [2.24, 2.45) is 0 Å². The SMILES string of the molecule is CC.CNCCNCCC(C)Oc1nc(-c2cc(N)c(F)c(C)c2C(F)(F)F)c(F)c(NCc2cncnc2)c1C=O. The quantitative estimate of drug-likeness (QED) is 0.0917.